The largest absolute Gasteiger partial charge is 0.494 e. The van der Waals surface area contributed by atoms with E-state index in [1.165, 1.54) is 19.2 Å². The summed E-state index contributed by atoms with van der Waals surface area (Å²) in [7, 11) is 1.39. The van der Waals surface area contributed by atoms with Crippen molar-refractivity contribution < 1.29 is 19.1 Å². The molecule has 0 aliphatic heterocycles. The molecule has 0 unspecified atom stereocenters. The Bertz CT molecular complexity index is 1360. The molecule has 6 nitrogen and oxygen atoms in total. The van der Waals surface area contributed by atoms with E-state index in [1.54, 1.807) is 60.3 Å². The molecule has 0 bridgehead atoms. The van der Waals surface area contributed by atoms with Crippen LogP contribution in [-0.4, -0.2) is 28.2 Å². The van der Waals surface area contributed by atoms with Gasteiger partial charge in [-0.05, 0) is 42.5 Å². The number of nitrogens with one attached hydrogen (secondary N) is 1. The van der Waals surface area contributed by atoms with E-state index in [4.69, 9.17) is 4.74 Å². The van der Waals surface area contributed by atoms with Crippen LogP contribution in [0.15, 0.2) is 79.1 Å². The van der Waals surface area contributed by atoms with E-state index in [1.807, 2.05) is 12.1 Å². The highest BCUT2D eigenvalue weighted by molar-refractivity contribution is 5.99. The Balaban J connectivity index is 1.81. The van der Waals surface area contributed by atoms with Crippen molar-refractivity contribution in [2.24, 2.45) is 0 Å². The number of benzene rings is 2. The minimum Gasteiger partial charge on any atom is -0.494 e. The molecule has 2 aromatic carbocycles. The number of hydrogen-bond donors (Lipinski definition) is 2. The number of carbonyl (C=O) groups excluding carboxylic acids is 1. The molecule has 0 saturated carbocycles. The Labute approximate surface area is 189 Å². The lowest BCUT2D eigenvalue weighted by Crippen LogP contribution is -2.20. The average molecular weight is 439 g/mol. The van der Waals surface area contributed by atoms with Crippen LogP contribution < -0.4 is 10.2 Å². The summed E-state index contributed by atoms with van der Waals surface area (Å²) in [5.41, 5.74) is 4.57. The number of amides is 1. The molecule has 4 aromatic rings. The number of carbonyl (C=O) groups is 1. The molecule has 0 atom stereocenters. The monoisotopic (exact) mass is 439 g/mol. The molecule has 0 fully saturated rings. The number of nitrogens with zero attached hydrogens (tertiary/aromatic N) is 2. The smallest absolute Gasteiger partial charge is 0.278 e. The second-order valence-electron chi connectivity index (χ2n) is 6.93. The Hall–Kier alpha value is -4.54. The zero-order valence-electron chi connectivity index (χ0n) is 17.5. The maximum absolute atomic E-state index is 14.4. The van der Waals surface area contributed by atoms with Gasteiger partial charge in [0, 0.05) is 34.6 Å². The summed E-state index contributed by atoms with van der Waals surface area (Å²) in [5.74, 6) is 4.96. The summed E-state index contributed by atoms with van der Waals surface area (Å²) in [5, 5.41) is 9.21. The number of rotatable bonds is 4. The lowest BCUT2D eigenvalue weighted by molar-refractivity contribution is 0.0703. The molecule has 0 spiro atoms. The van der Waals surface area contributed by atoms with Gasteiger partial charge in [0.05, 0.1) is 18.4 Å². The number of halogens is 1. The lowest BCUT2D eigenvalue weighted by Gasteiger charge is -2.15. The molecule has 1 amide bonds. The van der Waals surface area contributed by atoms with E-state index in [9.17, 15) is 14.4 Å². The van der Waals surface area contributed by atoms with Gasteiger partial charge < -0.3 is 4.74 Å². The maximum Gasteiger partial charge on any atom is 0.278 e. The zero-order valence-corrected chi connectivity index (χ0v) is 17.5. The fourth-order valence-corrected chi connectivity index (χ4v) is 3.26. The molecule has 2 N–H and O–H groups in total. The van der Waals surface area contributed by atoms with Gasteiger partial charge in [0.1, 0.15) is 11.5 Å². The van der Waals surface area contributed by atoms with Gasteiger partial charge in [0.25, 0.3) is 5.91 Å². The van der Waals surface area contributed by atoms with Crippen LogP contribution in [0, 0.1) is 17.7 Å². The van der Waals surface area contributed by atoms with Crippen molar-refractivity contribution in [1.82, 2.24) is 15.4 Å². The molecule has 0 aliphatic rings. The van der Waals surface area contributed by atoms with Crippen molar-refractivity contribution in [2.45, 2.75) is 0 Å². The Morgan fingerprint density at radius 2 is 1.79 bits per heavy atom. The van der Waals surface area contributed by atoms with Crippen molar-refractivity contribution in [1.29, 1.82) is 0 Å². The van der Waals surface area contributed by atoms with Gasteiger partial charge in [-0.1, -0.05) is 36.1 Å². The minimum atomic E-state index is -0.799. The van der Waals surface area contributed by atoms with Crippen LogP contribution in [0.1, 0.15) is 21.5 Å². The van der Waals surface area contributed by atoms with E-state index in [-0.39, 0.29) is 22.6 Å². The zero-order chi connectivity index (χ0) is 23.2. The summed E-state index contributed by atoms with van der Waals surface area (Å²) in [6, 6.07) is 18.3. The van der Waals surface area contributed by atoms with Crippen molar-refractivity contribution in [3.05, 3.63) is 102 Å². The second kappa shape index (κ2) is 9.73. The third kappa shape index (κ3) is 4.71. The van der Waals surface area contributed by atoms with E-state index in [0.29, 0.717) is 11.3 Å². The summed E-state index contributed by atoms with van der Waals surface area (Å²) in [6.45, 7) is 0. The van der Waals surface area contributed by atoms with Crippen LogP contribution in [0.3, 0.4) is 0 Å². The summed E-state index contributed by atoms with van der Waals surface area (Å²) in [6.07, 6.45) is 3.36. The first-order valence-corrected chi connectivity index (χ1v) is 9.91. The predicted octanol–water partition coefficient (Wildman–Crippen LogP) is 4.48. The molecule has 4 rings (SSSR count). The number of methoxy groups -OCH3 is 1. The molecular formula is C26H18FN3O3. The van der Waals surface area contributed by atoms with Crippen LogP contribution in [0.4, 0.5) is 4.39 Å². The summed E-state index contributed by atoms with van der Waals surface area (Å²) < 4.78 is 19.9. The van der Waals surface area contributed by atoms with Crippen molar-refractivity contribution in [2.75, 3.05) is 7.11 Å². The van der Waals surface area contributed by atoms with Gasteiger partial charge >= 0.3 is 0 Å². The SMILES string of the molecule is COc1c(C(=O)NO)cc(-c2ccccc2F)nc1-c1ccc(C#Cc2cccnc2)cc1. The first kappa shape index (κ1) is 21.7. The molecular weight excluding hydrogens is 421 g/mol. The number of hydrogen-bond acceptors (Lipinski definition) is 5. The van der Waals surface area contributed by atoms with Gasteiger partial charge in [-0.15, -0.1) is 0 Å². The van der Waals surface area contributed by atoms with E-state index < -0.39 is 11.7 Å². The fourth-order valence-electron chi connectivity index (χ4n) is 3.26. The molecule has 0 radical (unpaired) electrons. The molecule has 0 saturated heterocycles. The number of aromatic nitrogens is 2. The molecule has 0 aliphatic carbocycles. The van der Waals surface area contributed by atoms with Gasteiger partial charge in [0.2, 0.25) is 0 Å². The minimum absolute atomic E-state index is 0.0173. The first-order chi connectivity index (χ1) is 16.1. The molecule has 2 aromatic heterocycles. The van der Waals surface area contributed by atoms with Crippen LogP contribution in [-0.2, 0) is 0 Å². The van der Waals surface area contributed by atoms with Crippen LogP contribution in [0.2, 0.25) is 0 Å². The predicted molar refractivity (Wildman–Crippen MR) is 121 cm³/mol. The van der Waals surface area contributed by atoms with Gasteiger partial charge in [0.15, 0.2) is 5.75 Å². The van der Waals surface area contributed by atoms with Gasteiger partial charge in [-0.25, -0.2) is 14.9 Å². The average Bonchev–Trinajstić information content (AvgIpc) is 2.87. The standard InChI is InChI=1S/C26H18FN3O3/c1-33-25-21(26(31)30-32)15-23(20-6-2-3-7-22(20)27)29-24(25)19-12-10-17(11-13-19)8-9-18-5-4-14-28-16-18/h2-7,10-16,32H,1H3,(H,30,31). The van der Waals surface area contributed by atoms with E-state index in [2.05, 4.69) is 21.8 Å². The van der Waals surface area contributed by atoms with E-state index in [0.717, 1.165) is 11.1 Å². The number of hydroxylamine groups is 1. The second-order valence-corrected chi connectivity index (χ2v) is 6.93. The van der Waals surface area contributed by atoms with Crippen molar-refractivity contribution in [3.63, 3.8) is 0 Å². The van der Waals surface area contributed by atoms with Crippen LogP contribution in [0.5, 0.6) is 5.75 Å². The highest BCUT2D eigenvalue weighted by atomic mass is 19.1. The lowest BCUT2D eigenvalue weighted by atomic mass is 10.0. The van der Waals surface area contributed by atoms with Crippen molar-refractivity contribution >= 4 is 5.91 Å². The Morgan fingerprint density at radius 3 is 2.45 bits per heavy atom. The summed E-state index contributed by atoms with van der Waals surface area (Å²) in [4.78, 5) is 20.9. The third-order valence-corrected chi connectivity index (χ3v) is 4.84. The first-order valence-electron chi connectivity index (χ1n) is 9.91. The van der Waals surface area contributed by atoms with Crippen molar-refractivity contribution in [3.8, 4) is 40.1 Å². The number of pyridine rings is 2. The molecule has 2 heterocycles. The van der Waals surface area contributed by atoms with Gasteiger partial charge in [-0.2, -0.15) is 0 Å². The van der Waals surface area contributed by atoms with Gasteiger partial charge in [-0.3, -0.25) is 15.0 Å². The normalized spacial score (nSPS) is 10.2. The Kier molecular flexibility index (Phi) is 6.39. The highest BCUT2D eigenvalue weighted by Gasteiger charge is 2.21. The third-order valence-electron chi connectivity index (χ3n) is 4.84. The Morgan fingerprint density at radius 1 is 1.03 bits per heavy atom. The highest BCUT2D eigenvalue weighted by Crippen LogP contribution is 2.35. The van der Waals surface area contributed by atoms with E-state index >= 15 is 0 Å². The van der Waals surface area contributed by atoms with Crippen LogP contribution in [0.25, 0.3) is 22.5 Å². The summed E-state index contributed by atoms with van der Waals surface area (Å²) >= 11 is 0. The maximum atomic E-state index is 14.4. The van der Waals surface area contributed by atoms with Crippen LogP contribution >= 0.6 is 0 Å². The molecule has 7 heteroatoms. The molecule has 162 valence electrons. The number of ether oxygens (including phenoxy) is 1. The quantitative estimate of drug-likeness (QED) is 0.278. The fraction of sp³-hybridized carbons (Fsp3) is 0.0385. The molecule has 33 heavy (non-hydrogen) atoms. The topological polar surface area (TPSA) is 84.3 Å².